The molecule has 0 unspecified atom stereocenters. The molecule has 4 nitrogen and oxygen atoms in total. The first-order valence-electron chi connectivity index (χ1n) is 6.55. The average Bonchev–Trinajstić information content (AvgIpc) is 2.72. The Morgan fingerprint density at radius 2 is 2.05 bits per heavy atom. The van der Waals surface area contributed by atoms with Gasteiger partial charge in [0.25, 0.3) is 11.1 Å². The van der Waals surface area contributed by atoms with Crippen molar-refractivity contribution in [1.82, 2.24) is 4.90 Å². The fourth-order valence-electron chi connectivity index (χ4n) is 1.94. The Morgan fingerprint density at radius 1 is 1.30 bits per heavy atom. The van der Waals surface area contributed by atoms with Gasteiger partial charge in [0, 0.05) is 12.1 Å². The molecular formula is C15H17NO3S. The molecular weight excluding hydrogens is 274 g/mol. The first-order chi connectivity index (χ1) is 9.67. The fourth-order valence-corrected chi connectivity index (χ4v) is 2.79. The number of rotatable bonds is 5. The van der Waals surface area contributed by atoms with Crippen LogP contribution in [-0.2, 0) is 4.79 Å². The molecule has 0 aromatic heterocycles. The van der Waals surface area contributed by atoms with Crippen LogP contribution in [0.15, 0.2) is 29.2 Å². The molecule has 20 heavy (non-hydrogen) atoms. The van der Waals surface area contributed by atoms with Crippen LogP contribution in [0.25, 0.3) is 6.08 Å². The van der Waals surface area contributed by atoms with Crippen LogP contribution >= 0.6 is 11.8 Å². The largest absolute Gasteiger partial charge is 0.496 e. The third-order valence-electron chi connectivity index (χ3n) is 3.03. The van der Waals surface area contributed by atoms with Crippen molar-refractivity contribution in [2.24, 2.45) is 0 Å². The van der Waals surface area contributed by atoms with Crippen LogP contribution in [0.2, 0.25) is 0 Å². The highest BCUT2D eigenvalue weighted by Gasteiger charge is 2.34. The molecule has 0 spiro atoms. The predicted octanol–water partition coefficient (Wildman–Crippen LogP) is 3.53. The standard InChI is InChI=1S/C15H17NO3S/c1-3-4-9-16-14(17)13(20-15(16)18)10-11-7-5-6-8-12(11)19-2/h5-8,10H,3-4,9H2,1-2H3/b13-10-. The highest BCUT2D eigenvalue weighted by molar-refractivity contribution is 8.18. The Hall–Kier alpha value is -1.75. The smallest absolute Gasteiger partial charge is 0.293 e. The maximum Gasteiger partial charge on any atom is 0.293 e. The van der Waals surface area contributed by atoms with Crippen LogP contribution in [0.3, 0.4) is 0 Å². The summed E-state index contributed by atoms with van der Waals surface area (Å²) in [6.07, 6.45) is 3.50. The number of imide groups is 1. The first-order valence-corrected chi connectivity index (χ1v) is 7.37. The van der Waals surface area contributed by atoms with Crippen LogP contribution in [0.5, 0.6) is 5.75 Å². The van der Waals surface area contributed by atoms with Crippen molar-refractivity contribution >= 4 is 29.0 Å². The average molecular weight is 291 g/mol. The van der Waals surface area contributed by atoms with Gasteiger partial charge in [-0.3, -0.25) is 14.5 Å². The number of hydrogen-bond acceptors (Lipinski definition) is 4. The molecule has 1 saturated heterocycles. The molecule has 0 saturated carbocycles. The van der Waals surface area contributed by atoms with Gasteiger partial charge in [-0.2, -0.15) is 0 Å². The van der Waals surface area contributed by atoms with E-state index in [1.54, 1.807) is 13.2 Å². The monoisotopic (exact) mass is 291 g/mol. The summed E-state index contributed by atoms with van der Waals surface area (Å²) in [4.78, 5) is 25.8. The Labute approximate surface area is 122 Å². The van der Waals surface area contributed by atoms with E-state index in [0.717, 1.165) is 30.2 Å². The third-order valence-corrected chi connectivity index (χ3v) is 3.94. The van der Waals surface area contributed by atoms with E-state index in [1.165, 1.54) is 4.90 Å². The predicted molar refractivity (Wildman–Crippen MR) is 80.6 cm³/mol. The molecule has 0 atom stereocenters. The zero-order valence-corrected chi connectivity index (χ0v) is 12.4. The van der Waals surface area contributed by atoms with Crippen molar-refractivity contribution in [3.63, 3.8) is 0 Å². The van der Waals surface area contributed by atoms with Crippen molar-refractivity contribution in [2.75, 3.05) is 13.7 Å². The second kappa shape index (κ2) is 6.61. The molecule has 1 aromatic carbocycles. The second-order valence-corrected chi connectivity index (χ2v) is 5.42. The Bertz CT molecular complexity index is 554. The van der Waals surface area contributed by atoms with Gasteiger partial charge in [-0.25, -0.2) is 0 Å². The summed E-state index contributed by atoms with van der Waals surface area (Å²) in [6, 6.07) is 7.42. The summed E-state index contributed by atoms with van der Waals surface area (Å²) < 4.78 is 5.25. The Kier molecular flexibility index (Phi) is 4.84. The molecule has 2 rings (SSSR count). The molecule has 1 heterocycles. The Morgan fingerprint density at radius 3 is 2.75 bits per heavy atom. The molecule has 106 valence electrons. The Balaban J connectivity index is 2.23. The molecule has 5 heteroatoms. The molecule has 1 fully saturated rings. The van der Waals surface area contributed by atoms with Crippen molar-refractivity contribution in [2.45, 2.75) is 19.8 Å². The number of nitrogens with zero attached hydrogens (tertiary/aromatic N) is 1. The van der Waals surface area contributed by atoms with Gasteiger partial charge in [-0.15, -0.1) is 0 Å². The van der Waals surface area contributed by atoms with E-state index in [1.807, 2.05) is 31.2 Å². The maximum atomic E-state index is 12.2. The number of amides is 2. The number of carbonyl (C=O) groups is 2. The minimum Gasteiger partial charge on any atom is -0.496 e. The number of methoxy groups -OCH3 is 1. The number of ether oxygens (including phenoxy) is 1. The normalized spacial score (nSPS) is 17.1. The maximum absolute atomic E-state index is 12.2. The summed E-state index contributed by atoms with van der Waals surface area (Å²) >= 11 is 0.989. The summed E-state index contributed by atoms with van der Waals surface area (Å²) in [5.41, 5.74) is 0.802. The zero-order valence-electron chi connectivity index (χ0n) is 11.6. The number of thioether (sulfide) groups is 1. The van der Waals surface area contributed by atoms with Crippen LogP contribution in [0, 0.1) is 0 Å². The number of benzene rings is 1. The summed E-state index contributed by atoms with van der Waals surface area (Å²) in [5, 5.41) is -0.190. The van der Waals surface area contributed by atoms with Crippen LogP contribution < -0.4 is 4.74 Å². The SMILES string of the molecule is CCCCN1C(=O)S/C(=C\c2ccccc2OC)C1=O. The van der Waals surface area contributed by atoms with E-state index in [9.17, 15) is 9.59 Å². The van der Waals surface area contributed by atoms with Gasteiger partial charge in [0.2, 0.25) is 0 Å². The van der Waals surface area contributed by atoms with Gasteiger partial charge in [-0.05, 0) is 30.3 Å². The van der Waals surface area contributed by atoms with Gasteiger partial charge in [0.05, 0.1) is 12.0 Å². The molecule has 0 N–H and O–H groups in total. The molecule has 2 amide bonds. The molecule has 0 aliphatic carbocycles. The summed E-state index contributed by atoms with van der Waals surface area (Å²) in [6.45, 7) is 2.52. The third kappa shape index (κ3) is 3.04. The van der Waals surface area contributed by atoms with E-state index in [0.29, 0.717) is 17.2 Å². The number of unbranched alkanes of at least 4 members (excludes halogenated alkanes) is 1. The molecule has 0 bridgehead atoms. The molecule has 1 aliphatic heterocycles. The first kappa shape index (κ1) is 14.7. The minimum absolute atomic E-state index is 0.190. The zero-order chi connectivity index (χ0) is 14.5. The van der Waals surface area contributed by atoms with Gasteiger partial charge < -0.3 is 4.74 Å². The quantitative estimate of drug-likeness (QED) is 0.779. The second-order valence-electron chi connectivity index (χ2n) is 4.43. The molecule has 1 aliphatic rings. The molecule has 1 aromatic rings. The molecule has 0 radical (unpaired) electrons. The van der Waals surface area contributed by atoms with E-state index in [4.69, 9.17) is 4.74 Å². The summed E-state index contributed by atoms with van der Waals surface area (Å²) in [5.74, 6) is 0.479. The lowest BCUT2D eigenvalue weighted by atomic mass is 10.2. The van der Waals surface area contributed by atoms with Gasteiger partial charge in [-0.1, -0.05) is 31.5 Å². The lowest BCUT2D eigenvalue weighted by Gasteiger charge is -2.10. The topological polar surface area (TPSA) is 46.6 Å². The highest BCUT2D eigenvalue weighted by atomic mass is 32.2. The van der Waals surface area contributed by atoms with Gasteiger partial charge >= 0.3 is 0 Å². The van der Waals surface area contributed by atoms with Crippen molar-refractivity contribution in [3.05, 3.63) is 34.7 Å². The number of carbonyl (C=O) groups excluding carboxylic acids is 2. The van der Waals surface area contributed by atoms with Crippen molar-refractivity contribution in [3.8, 4) is 5.75 Å². The van der Waals surface area contributed by atoms with Gasteiger partial charge in [0.15, 0.2) is 0 Å². The van der Waals surface area contributed by atoms with Crippen LogP contribution in [0.1, 0.15) is 25.3 Å². The van der Waals surface area contributed by atoms with Crippen molar-refractivity contribution in [1.29, 1.82) is 0 Å². The van der Waals surface area contributed by atoms with E-state index < -0.39 is 0 Å². The van der Waals surface area contributed by atoms with Gasteiger partial charge in [0.1, 0.15) is 5.75 Å². The lowest BCUT2D eigenvalue weighted by Crippen LogP contribution is -2.29. The van der Waals surface area contributed by atoms with E-state index in [2.05, 4.69) is 0 Å². The van der Waals surface area contributed by atoms with E-state index >= 15 is 0 Å². The minimum atomic E-state index is -0.209. The lowest BCUT2D eigenvalue weighted by molar-refractivity contribution is -0.122. The van der Waals surface area contributed by atoms with Crippen molar-refractivity contribution < 1.29 is 14.3 Å². The number of para-hydroxylation sites is 1. The highest BCUT2D eigenvalue weighted by Crippen LogP contribution is 2.33. The fraction of sp³-hybridized carbons (Fsp3) is 0.333. The van der Waals surface area contributed by atoms with Crippen LogP contribution in [0.4, 0.5) is 4.79 Å². The van der Waals surface area contributed by atoms with E-state index in [-0.39, 0.29) is 11.1 Å². The summed E-state index contributed by atoms with van der Waals surface area (Å²) in [7, 11) is 1.58. The number of hydrogen-bond donors (Lipinski definition) is 0. The van der Waals surface area contributed by atoms with Crippen LogP contribution in [-0.4, -0.2) is 29.7 Å².